The Balaban J connectivity index is 1.57. The van der Waals surface area contributed by atoms with Crippen LogP contribution in [-0.4, -0.2) is 24.6 Å². The lowest BCUT2D eigenvalue weighted by molar-refractivity contribution is -0.121. The van der Waals surface area contributed by atoms with Crippen molar-refractivity contribution in [2.24, 2.45) is 11.1 Å². The number of carbonyl (C=O) groups excluding carboxylic acids is 2. The smallest absolute Gasteiger partial charge is 0.408 e. The Morgan fingerprint density at radius 3 is 2.55 bits per heavy atom. The topological polar surface area (TPSA) is 90.7 Å². The normalized spacial score (nSPS) is 19.6. The van der Waals surface area contributed by atoms with Gasteiger partial charge in [-0.2, -0.15) is 0 Å². The van der Waals surface area contributed by atoms with E-state index in [0.29, 0.717) is 5.56 Å². The summed E-state index contributed by atoms with van der Waals surface area (Å²) < 4.78 is 38.4. The highest BCUT2D eigenvalue weighted by atomic mass is 19.2. The molecular weight excluding hydrogens is 382 g/mol. The number of ether oxygens (including phenoxy) is 2. The number of carbonyl (C=O) groups is 2. The van der Waals surface area contributed by atoms with E-state index in [2.05, 4.69) is 5.32 Å². The molecule has 1 aliphatic carbocycles. The summed E-state index contributed by atoms with van der Waals surface area (Å²) in [5.41, 5.74) is 6.23. The Kier molecular flexibility index (Phi) is 4.86. The monoisotopic (exact) mass is 402 g/mol. The molecule has 1 unspecified atom stereocenters. The van der Waals surface area contributed by atoms with E-state index in [4.69, 9.17) is 15.2 Å². The molecular formula is C21H20F2N2O4. The lowest BCUT2D eigenvalue weighted by atomic mass is 9.76. The molecule has 0 saturated heterocycles. The zero-order chi connectivity index (χ0) is 20.6. The van der Waals surface area contributed by atoms with E-state index >= 15 is 0 Å². The van der Waals surface area contributed by atoms with Gasteiger partial charge in [0.15, 0.2) is 11.6 Å². The van der Waals surface area contributed by atoms with Gasteiger partial charge in [-0.25, -0.2) is 13.6 Å². The highest BCUT2D eigenvalue weighted by Gasteiger charge is 2.57. The van der Waals surface area contributed by atoms with E-state index in [1.54, 1.807) is 12.1 Å². The number of hydrogen-bond acceptors (Lipinski definition) is 4. The van der Waals surface area contributed by atoms with Crippen LogP contribution in [0.25, 0.3) is 0 Å². The van der Waals surface area contributed by atoms with Crippen molar-refractivity contribution in [3.63, 3.8) is 0 Å². The number of alkyl carbamates (subject to hydrolysis) is 1. The number of fused-ring (bicyclic) bond motifs is 1. The number of nitrogens with two attached hydrogens (primary N) is 1. The second-order valence-electron chi connectivity index (χ2n) is 7.52. The Morgan fingerprint density at radius 2 is 1.90 bits per heavy atom. The van der Waals surface area contributed by atoms with E-state index < -0.39 is 41.0 Å². The van der Waals surface area contributed by atoms with Crippen molar-refractivity contribution in [1.82, 2.24) is 5.32 Å². The van der Waals surface area contributed by atoms with Gasteiger partial charge in [0.2, 0.25) is 5.91 Å². The van der Waals surface area contributed by atoms with E-state index in [0.717, 1.165) is 30.5 Å². The summed E-state index contributed by atoms with van der Waals surface area (Å²) in [6, 6.07) is 9.88. The standard InChI is InChI=1S/C21H20F2N2O4/c22-14-8-13-16(9-15(14)23)29-11-21(6-7-21)17(13)18(19(24)26)25-20(27)28-10-12-4-2-1-3-5-12/h1-5,8-9,17-18H,6-7,10-11H2,(H2,24,26)(H,25,27)/t17?,18-/m0/s1. The molecule has 2 aromatic rings. The predicted octanol–water partition coefficient (Wildman–Crippen LogP) is 3.00. The first-order valence-electron chi connectivity index (χ1n) is 9.28. The summed E-state index contributed by atoms with van der Waals surface area (Å²) in [5.74, 6) is -3.36. The van der Waals surface area contributed by atoms with Crippen LogP contribution < -0.4 is 15.8 Å². The fourth-order valence-electron chi connectivity index (χ4n) is 3.91. The molecule has 1 spiro atoms. The molecule has 2 atom stereocenters. The molecule has 1 heterocycles. The lowest BCUT2D eigenvalue weighted by Gasteiger charge is -2.37. The van der Waals surface area contributed by atoms with Crippen LogP contribution in [0.2, 0.25) is 0 Å². The van der Waals surface area contributed by atoms with Crippen LogP contribution in [0.4, 0.5) is 13.6 Å². The first-order valence-corrected chi connectivity index (χ1v) is 9.28. The highest BCUT2D eigenvalue weighted by molar-refractivity contribution is 5.86. The fraction of sp³-hybridized carbons (Fsp3) is 0.333. The van der Waals surface area contributed by atoms with Crippen LogP contribution in [-0.2, 0) is 16.1 Å². The molecule has 2 aromatic carbocycles. The highest BCUT2D eigenvalue weighted by Crippen LogP contribution is 2.61. The molecule has 6 nitrogen and oxygen atoms in total. The van der Waals surface area contributed by atoms with Gasteiger partial charge < -0.3 is 20.5 Å². The summed E-state index contributed by atoms with van der Waals surface area (Å²) in [7, 11) is 0. The van der Waals surface area contributed by atoms with E-state index in [9.17, 15) is 18.4 Å². The largest absolute Gasteiger partial charge is 0.493 e. The van der Waals surface area contributed by atoms with Gasteiger partial charge in [-0.05, 0) is 24.5 Å². The minimum Gasteiger partial charge on any atom is -0.493 e. The summed E-state index contributed by atoms with van der Waals surface area (Å²) in [5, 5.41) is 2.52. The fourth-order valence-corrected chi connectivity index (χ4v) is 3.91. The van der Waals surface area contributed by atoms with Crippen molar-refractivity contribution in [1.29, 1.82) is 0 Å². The second kappa shape index (κ2) is 7.35. The van der Waals surface area contributed by atoms with Crippen molar-refractivity contribution >= 4 is 12.0 Å². The molecule has 2 aliphatic rings. The van der Waals surface area contributed by atoms with Crippen LogP contribution >= 0.6 is 0 Å². The van der Waals surface area contributed by atoms with Gasteiger partial charge in [0.25, 0.3) is 0 Å². The van der Waals surface area contributed by atoms with Crippen LogP contribution in [0.15, 0.2) is 42.5 Å². The van der Waals surface area contributed by atoms with Crippen LogP contribution in [0, 0.1) is 17.0 Å². The molecule has 0 bridgehead atoms. The molecule has 152 valence electrons. The number of rotatable bonds is 5. The maximum Gasteiger partial charge on any atom is 0.408 e. The summed E-state index contributed by atoms with van der Waals surface area (Å²) in [4.78, 5) is 24.6. The number of halogens is 2. The van der Waals surface area contributed by atoms with Crippen LogP contribution in [0.3, 0.4) is 0 Å². The number of amides is 2. The first-order chi connectivity index (χ1) is 13.9. The van der Waals surface area contributed by atoms with Gasteiger partial charge in [0.05, 0.1) is 6.61 Å². The average molecular weight is 402 g/mol. The van der Waals surface area contributed by atoms with Gasteiger partial charge in [0, 0.05) is 23.0 Å². The molecule has 0 aromatic heterocycles. The van der Waals surface area contributed by atoms with Crippen molar-refractivity contribution in [3.8, 4) is 5.75 Å². The Morgan fingerprint density at radius 1 is 1.21 bits per heavy atom. The summed E-state index contributed by atoms with van der Waals surface area (Å²) in [6.07, 6.45) is 0.630. The third kappa shape index (κ3) is 3.74. The van der Waals surface area contributed by atoms with Crippen molar-refractivity contribution in [2.75, 3.05) is 6.61 Å². The number of hydrogen-bond donors (Lipinski definition) is 2. The van der Waals surface area contributed by atoms with Gasteiger partial charge >= 0.3 is 6.09 Å². The molecule has 1 aliphatic heterocycles. The Bertz CT molecular complexity index is 947. The van der Waals surface area contributed by atoms with Crippen molar-refractivity contribution in [3.05, 3.63) is 65.2 Å². The molecule has 3 N–H and O–H groups in total. The minimum atomic E-state index is -1.15. The zero-order valence-electron chi connectivity index (χ0n) is 15.5. The lowest BCUT2D eigenvalue weighted by Crippen LogP contribution is -2.52. The van der Waals surface area contributed by atoms with Gasteiger partial charge in [-0.15, -0.1) is 0 Å². The molecule has 0 radical (unpaired) electrons. The van der Waals surface area contributed by atoms with Crippen molar-refractivity contribution < 1.29 is 27.8 Å². The maximum atomic E-state index is 13.9. The molecule has 8 heteroatoms. The average Bonchev–Trinajstić information content (AvgIpc) is 3.47. The second-order valence-corrected chi connectivity index (χ2v) is 7.52. The van der Waals surface area contributed by atoms with E-state index in [-0.39, 0.29) is 19.0 Å². The van der Waals surface area contributed by atoms with Gasteiger partial charge in [-0.3, -0.25) is 4.79 Å². The summed E-state index contributed by atoms with van der Waals surface area (Å²) >= 11 is 0. The van der Waals surface area contributed by atoms with Gasteiger partial charge in [0.1, 0.15) is 18.4 Å². The number of benzene rings is 2. The van der Waals surface area contributed by atoms with E-state index in [1.807, 2.05) is 18.2 Å². The third-order valence-electron chi connectivity index (χ3n) is 5.58. The zero-order valence-corrected chi connectivity index (χ0v) is 15.5. The number of primary amides is 1. The Labute approximate surface area is 166 Å². The van der Waals surface area contributed by atoms with Crippen molar-refractivity contribution in [2.45, 2.75) is 31.4 Å². The quantitative estimate of drug-likeness (QED) is 0.805. The molecule has 4 rings (SSSR count). The van der Waals surface area contributed by atoms with Crippen LogP contribution in [0.5, 0.6) is 5.75 Å². The predicted molar refractivity (Wildman–Crippen MR) is 99.0 cm³/mol. The summed E-state index contributed by atoms with van der Waals surface area (Å²) in [6.45, 7) is 0.258. The molecule has 1 saturated carbocycles. The first kappa shape index (κ1) is 19.2. The van der Waals surface area contributed by atoms with E-state index in [1.165, 1.54) is 0 Å². The van der Waals surface area contributed by atoms with Crippen LogP contribution in [0.1, 0.15) is 29.9 Å². The molecule has 1 fully saturated rings. The molecule has 29 heavy (non-hydrogen) atoms. The maximum absolute atomic E-state index is 13.9. The Hall–Kier alpha value is -3.16. The molecule has 2 amide bonds. The number of nitrogens with one attached hydrogen (secondary N) is 1. The minimum absolute atomic E-state index is 0.0213. The third-order valence-corrected chi connectivity index (χ3v) is 5.58. The SMILES string of the molecule is NC(=O)[C@@H](NC(=O)OCc1ccccc1)C1c2cc(F)c(F)cc2OCC12CC2. The van der Waals surface area contributed by atoms with Gasteiger partial charge in [-0.1, -0.05) is 30.3 Å².